The van der Waals surface area contributed by atoms with Crippen LogP contribution in [0.1, 0.15) is 20.3 Å². The van der Waals surface area contributed by atoms with Crippen molar-refractivity contribution in [3.63, 3.8) is 0 Å². The number of nitrogens with zero attached hydrogens (tertiary/aromatic N) is 2. The topological polar surface area (TPSA) is 58.0 Å². The molecule has 0 unspecified atom stereocenters. The van der Waals surface area contributed by atoms with E-state index in [9.17, 15) is 0 Å². The van der Waals surface area contributed by atoms with E-state index in [1.165, 1.54) is 0 Å². The molecule has 0 bridgehead atoms. The largest absolute Gasteiger partial charge is 0.396 e. The van der Waals surface area contributed by atoms with Crippen LogP contribution in [0.25, 0.3) is 0 Å². The number of nitrogens with one attached hydrogen (secondary N) is 1. The molecule has 1 aromatic heterocycles. The molecule has 0 aliphatic rings. The number of hydrogen-bond acceptors (Lipinski definition) is 4. The van der Waals surface area contributed by atoms with Crippen LogP contribution in [-0.4, -0.2) is 28.2 Å². The van der Waals surface area contributed by atoms with Crippen molar-refractivity contribution in [3.05, 3.63) is 18.5 Å². The van der Waals surface area contributed by atoms with Gasteiger partial charge in [-0.2, -0.15) is 0 Å². The minimum atomic E-state index is 0.0634. The minimum absolute atomic E-state index is 0.0634. The third-order valence-corrected chi connectivity index (χ3v) is 2.08. The standard InChI is InChI=1S/C10H17N3O/c1-10(2,4-7-14)8-13-9-11-5-3-6-12-9/h3,5-6,14H,4,7-8H2,1-2H3,(H,11,12,13). The van der Waals surface area contributed by atoms with Crippen molar-refractivity contribution in [2.45, 2.75) is 20.3 Å². The quantitative estimate of drug-likeness (QED) is 0.743. The van der Waals surface area contributed by atoms with Gasteiger partial charge in [-0.25, -0.2) is 9.97 Å². The lowest BCUT2D eigenvalue weighted by Gasteiger charge is -2.23. The lowest BCUT2D eigenvalue weighted by Crippen LogP contribution is -2.24. The van der Waals surface area contributed by atoms with E-state index in [0.29, 0.717) is 5.95 Å². The third kappa shape index (κ3) is 3.70. The molecule has 4 nitrogen and oxygen atoms in total. The van der Waals surface area contributed by atoms with E-state index in [4.69, 9.17) is 5.11 Å². The normalized spacial score (nSPS) is 11.4. The van der Waals surface area contributed by atoms with E-state index in [2.05, 4.69) is 29.1 Å². The highest BCUT2D eigenvalue weighted by atomic mass is 16.3. The van der Waals surface area contributed by atoms with Gasteiger partial charge in [0.1, 0.15) is 0 Å². The number of aliphatic hydroxyl groups is 1. The van der Waals surface area contributed by atoms with Crippen LogP contribution >= 0.6 is 0 Å². The molecule has 1 heterocycles. The van der Waals surface area contributed by atoms with Crippen LogP contribution in [0.4, 0.5) is 5.95 Å². The van der Waals surface area contributed by atoms with E-state index in [1.807, 2.05) is 0 Å². The van der Waals surface area contributed by atoms with Crippen molar-refractivity contribution in [1.82, 2.24) is 9.97 Å². The van der Waals surface area contributed by atoms with Crippen LogP contribution < -0.4 is 5.32 Å². The molecular weight excluding hydrogens is 178 g/mol. The Kier molecular flexibility index (Phi) is 3.83. The molecule has 0 saturated heterocycles. The first-order valence-electron chi connectivity index (χ1n) is 4.76. The highest BCUT2D eigenvalue weighted by Crippen LogP contribution is 2.19. The summed E-state index contributed by atoms with van der Waals surface area (Å²) in [5, 5.41) is 12.0. The monoisotopic (exact) mass is 195 g/mol. The molecule has 0 fully saturated rings. The van der Waals surface area contributed by atoms with Gasteiger partial charge >= 0.3 is 0 Å². The number of aliphatic hydroxyl groups excluding tert-OH is 1. The molecule has 0 aliphatic heterocycles. The fourth-order valence-electron chi connectivity index (χ4n) is 1.10. The summed E-state index contributed by atoms with van der Waals surface area (Å²) in [4.78, 5) is 8.11. The van der Waals surface area contributed by atoms with E-state index >= 15 is 0 Å². The van der Waals surface area contributed by atoms with Gasteiger partial charge in [-0.15, -0.1) is 0 Å². The fourth-order valence-corrected chi connectivity index (χ4v) is 1.10. The smallest absolute Gasteiger partial charge is 0.222 e. The van der Waals surface area contributed by atoms with Crippen LogP contribution in [-0.2, 0) is 0 Å². The first-order chi connectivity index (χ1) is 6.64. The van der Waals surface area contributed by atoms with Crippen molar-refractivity contribution in [2.24, 2.45) is 5.41 Å². The van der Waals surface area contributed by atoms with Crippen LogP contribution in [0.5, 0.6) is 0 Å². The summed E-state index contributed by atoms with van der Waals surface area (Å²) in [6, 6.07) is 1.78. The van der Waals surface area contributed by atoms with Crippen molar-refractivity contribution in [1.29, 1.82) is 0 Å². The van der Waals surface area contributed by atoms with Gasteiger partial charge in [0.05, 0.1) is 0 Å². The molecule has 0 aliphatic carbocycles. The lowest BCUT2D eigenvalue weighted by atomic mass is 9.90. The van der Waals surface area contributed by atoms with E-state index in [0.717, 1.165) is 13.0 Å². The summed E-state index contributed by atoms with van der Waals surface area (Å²) >= 11 is 0. The highest BCUT2D eigenvalue weighted by Gasteiger charge is 2.16. The molecule has 0 amide bonds. The van der Waals surface area contributed by atoms with E-state index in [-0.39, 0.29) is 12.0 Å². The van der Waals surface area contributed by atoms with Gasteiger partial charge in [0.2, 0.25) is 5.95 Å². The average molecular weight is 195 g/mol. The summed E-state index contributed by atoms with van der Waals surface area (Å²) < 4.78 is 0. The molecule has 0 aromatic carbocycles. The molecule has 0 saturated carbocycles. The van der Waals surface area contributed by atoms with Crippen molar-refractivity contribution >= 4 is 5.95 Å². The molecule has 2 N–H and O–H groups in total. The van der Waals surface area contributed by atoms with E-state index < -0.39 is 0 Å². The summed E-state index contributed by atoms with van der Waals surface area (Å²) in [6.45, 7) is 5.17. The maximum atomic E-state index is 8.84. The van der Waals surface area contributed by atoms with Crippen molar-refractivity contribution in [3.8, 4) is 0 Å². The average Bonchev–Trinajstić information content (AvgIpc) is 2.17. The predicted molar refractivity (Wildman–Crippen MR) is 56.0 cm³/mol. The van der Waals surface area contributed by atoms with Crippen LogP contribution in [0.2, 0.25) is 0 Å². The minimum Gasteiger partial charge on any atom is -0.396 e. The Labute approximate surface area is 84.4 Å². The second-order valence-electron chi connectivity index (χ2n) is 4.06. The van der Waals surface area contributed by atoms with Crippen molar-refractivity contribution in [2.75, 3.05) is 18.5 Å². The van der Waals surface area contributed by atoms with Crippen LogP contribution in [0, 0.1) is 5.41 Å². The Bertz CT molecular complexity index is 261. The third-order valence-electron chi connectivity index (χ3n) is 2.08. The second kappa shape index (κ2) is 4.91. The number of anilines is 1. The summed E-state index contributed by atoms with van der Waals surface area (Å²) in [6.07, 6.45) is 4.18. The van der Waals surface area contributed by atoms with Gasteiger partial charge in [0.25, 0.3) is 0 Å². The molecule has 14 heavy (non-hydrogen) atoms. The summed E-state index contributed by atoms with van der Waals surface area (Å²) in [5.41, 5.74) is 0.0634. The summed E-state index contributed by atoms with van der Waals surface area (Å²) in [5.74, 6) is 0.638. The highest BCUT2D eigenvalue weighted by molar-refractivity contribution is 5.22. The lowest BCUT2D eigenvalue weighted by molar-refractivity contribution is 0.220. The number of hydrogen-bond donors (Lipinski definition) is 2. The summed E-state index contributed by atoms with van der Waals surface area (Å²) in [7, 11) is 0. The maximum absolute atomic E-state index is 8.84. The fraction of sp³-hybridized carbons (Fsp3) is 0.600. The van der Waals surface area contributed by atoms with Crippen LogP contribution in [0.3, 0.4) is 0 Å². The van der Waals surface area contributed by atoms with Gasteiger partial charge in [-0.1, -0.05) is 13.8 Å². The zero-order valence-corrected chi connectivity index (χ0v) is 8.70. The Morgan fingerprint density at radius 3 is 2.57 bits per heavy atom. The van der Waals surface area contributed by atoms with Crippen LogP contribution in [0.15, 0.2) is 18.5 Å². The van der Waals surface area contributed by atoms with Gasteiger partial charge in [-0.05, 0) is 17.9 Å². The zero-order valence-electron chi connectivity index (χ0n) is 8.70. The van der Waals surface area contributed by atoms with Crippen molar-refractivity contribution < 1.29 is 5.11 Å². The second-order valence-corrected chi connectivity index (χ2v) is 4.06. The predicted octanol–water partition coefficient (Wildman–Crippen LogP) is 1.30. The zero-order chi connectivity index (χ0) is 10.4. The maximum Gasteiger partial charge on any atom is 0.222 e. The Morgan fingerprint density at radius 1 is 1.36 bits per heavy atom. The Balaban J connectivity index is 2.40. The molecule has 78 valence electrons. The van der Waals surface area contributed by atoms with E-state index in [1.54, 1.807) is 18.5 Å². The molecule has 0 atom stereocenters. The van der Waals surface area contributed by atoms with Gasteiger partial charge in [0.15, 0.2) is 0 Å². The SMILES string of the molecule is CC(C)(CCO)CNc1ncccn1. The molecule has 1 aromatic rings. The molecule has 1 rings (SSSR count). The molecule has 4 heteroatoms. The molecule has 0 radical (unpaired) electrons. The molecule has 0 spiro atoms. The number of aromatic nitrogens is 2. The van der Waals surface area contributed by atoms with Gasteiger partial charge in [0, 0.05) is 25.5 Å². The first kappa shape index (κ1) is 10.9. The number of rotatable bonds is 5. The Hall–Kier alpha value is -1.16. The Morgan fingerprint density at radius 2 is 2.00 bits per heavy atom. The van der Waals surface area contributed by atoms with Gasteiger partial charge < -0.3 is 10.4 Å². The van der Waals surface area contributed by atoms with Gasteiger partial charge in [-0.3, -0.25) is 0 Å². The molecular formula is C10H17N3O. The first-order valence-corrected chi connectivity index (χ1v) is 4.76.